The van der Waals surface area contributed by atoms with Gasteiger partial charge in [-0.15, -0.1) is 0 Å². The topological polar surface area (TPSA) is 50.9 Å². The number of nitrogens with zero attached hydrogens (tertiary/aromatic N) is 2. The summed E-state index contributed by atoms with van der Waals surface area (Å²) in [5.41, 5.74) is 7.17. The Kier molecular flexibility index (Phi) is 4.43. The van der Waals surface area contributed by atoms with Gasteiger partial charge in [0.2, 0.25) is 0 Å². The summed E-state index contributed by atoms with van der Waals surface area (Å²) in [6.07, 6.45) is 2.39. The van der Waals surface area contributed by atoms with Gasteiger partial charge >= 0.3 is 0 Å². The fraction of sp³-hybridized carbons (Fsp3) is 0.533. The van der Waals surface area contributed by atoms with Gasteiger partial charge in [0.05, 0.1) is 25.5 Å². The number of methoxy groups -OCH3 is 1. The first-order chi connectivity index (χ1) is 9.11. The summed E-state index contributed by atoms with van der Waals surface area (Å²) < 4.78 is 5.28. The Labute approximate surface area is 115 Å². The molecule has 1 aromatic rings. The molecule has 4 heteroatoms. The standard InChI is InChI=1S/C15H23N3O/c1-18(2)14(10-17-15(16)11-7-8-11)12-5-4-6-13(9-12)19-3/h4-6,9,11,14H,7-8,10H2,1-3H3,(H2,16,17). The summed E-state index contributed by atoms with van der Waals surface area (Å²) in [6.45, 7) is 0.697. The molecule has 0 aliphatic heterocycles. The third-order valence-electron chi connectivity index (χ3n) is 3.54. The lowest BCUT2D eigenvalue weighted by atomic mass is 10.1. The van der Waals surface area contributed by atoms with Gasteiger partial charge in [0.15, 0.2) is 0 Å². The molecule has 2 N–H and O–H groups in total. The molecule has 0 heterocycles. The van der Waals surface area contributed by atoms with E-state index in [1.54, 1.807) is 7.11 Å². The summed E-state index contributed by atoms with van der Waals surface area (Å²) in [6, 6.07) is 8.37. The number of nitrogens with two attached hydrogens (primary N) is 1. The second kappa shape index (κ2) is 6.06. The predicted octanol–water partition coefficient (Wildman–Crippen LogP) is 2.07. The molecule has 0 spiro atoms. The van der Waals surface area contributed by atoms with Crippen molar-refractivity contribution < 1.29 is 4.74 Å². The molecule has 0 bridgehead atoms. The van der Waals surface area contributed by atoms with Crippen molar-refractivity contribution in [2.75, 3.05) is 27.7 Å². The van der Waals surface area contributed by atoms with Crippen molar-refractivity contribution in [3.63, 3.8) is 0 Å². The Morgan fingerprint density at radius 3 is 2.79 bits per heavy atom. The zero-order valence-electron chi connectivity index (χ0n) is 12.0. The first-order valence-electron chi connectivity index (χ1n) is 6.72. The van der Waals surface area contributed by atoms with Crippen LogP contribution in [-0.4, -0.2) is 38.5 Å². The monoisotopic (exact) mass is 261 g/mol. The number of aliphatic imine (C=N–C) groups is 1. The molecule has 0 amide bonds. The third-order valence-corrected chi connectivity index (χ3v) is 3.54. The van der Waals surface area contributed by atoms with E-state index in [4.69, 9.17) is 10.5 Å². The molecule has 0 radical (unpaired) electrons. The maximum atomic E-state index is 5.97. The second-order valence-electron chi connectivity index (χ2n) is 5.30. The summed E-state index contributed by atoms with van der Waals surface area (Å²) in [4.78, 5) is 6.72. The van der Waals surface area contributed by atoms with Gasteiger partial charge in [-0.2, -0.15) is 0 Å². The predicted molar refractivity (Wildman–Crippen MR) is 78.6 cm³/mol. The van der Waals surface area contributed by atoms with Crippen molar-refractivity contribution in [3.8, 4) is 5.75 Å². The lowest BCUT2D eigenvalue weighted by Gasteiger charge is -2.23. The number of hydrogen-bond donors (Lipinski definition) is 1. The minimum Gasteiger partial charge on any atom is -0.497 e. The normalized spacial score (nSPS) is 17.6. The van der Waals surface area contributed by atoms with Crippen LogP contribution in [0.15, 0.2) is 29.3 Å². The number of rotatable bonds is 6. The van der Waals surface area contributed by atoms with Crippen molar-refractivity contribution in [2.24, 2.45) is 16.6 Å². The third kappa shape index (κ3) is 3.70. The highest BCUT2D eigenvalue weighted by Gasteiger charge is 2.25. The largest absolute Gasteiger partial charge is 0.497 e. The van der Waals surface area contributed by atoms with E-state index in [2.05, 4.69) is 36.1 Å². The number of likely N-dealkylation sites (N-methyl/N-ethyl adjacent to an activating group) is 1. The van der Waals surface area contributed by atoms with Crippen LogP contribution in [0.3, 0.4) is 0 Å². The van der Waals surface area contributed by atoms with E-state index in [1.807, 2.05) is 12.1 Å². The van der Waals surface area contributed by atoms with E-state index in [0.29, 0.717) is 12.5 Å². The van der Waals surface area contributed by atoms with Crippen LogP contribution in [0.1, 0.15) is 24.4 Å². The Morgan fingerprint density at radius 2 is 2.21 bits per heavy atom. The van der Waals surface area contributed by atoms with Crippen LogP contribution in [0.25, 0.3) is 0 Å². The molecule has 19 heavy (non-hydrogen) atoms. The van der Waals surface area contributed by atoms with E-state index < -0.39 is 0 Å². The Hall–Kier alpha value is -1.55. The van der Waals surface area contributed by atoms with E-state index >= 15 is 0 Å². The minimum absolute atomic E-state index is 0.229. The SMILES string of the molecule is COc1cccc(C(CN=C(N)C2CC2)N(C)C)c1. The highest BCUT2D eigenvalue weighted by molar-refractivity contribution is 5.84. The van der Waals surface area contributed by atoms with Gasteiger partial charge in [0, 0.05) is 5.92 Å². The van der Waals surface area contributed by atoms with Gasteiger partial charge in [-0.25, -0.2) is 0 Å². The maximum Gasteiger partial charge on any atom is 0.119 e. The fourth-order valence-electron chi connectivity index (χ4n) is 2.12. The van der Waals surface area contributed by atoms with Crippen molar-refractivity contribution >= 4 is 5.84 Å². The maximum absolute atomic E-state index is 5.97. The van der Waals surface area contributed by atoms with Crippen LogP contribution in [0.2, 0.25) is 0 Å². The first-order valence-corrected chi connectivity index (χ1v) is 6.72. The lowest BCUT2D eigenvalue weighted by Crippen LogP contribution is -2.24. The minimum atomic E-state index is 0.229. The van der Waals surface area contributed by atoms with Crippen molar-refractivity contribution in [1.82, 2.24) is 4.90 Å². The molecular weight excluding hydrogens is 238 g/mol. The zero-order chi connectivity index (χ0) is 13.8. The van der Waals surface area contributed by atoms with Gasteiger partial charge in [0.25, 0.3) is 0 Å². The highest BCUT2D eigenvalue weighted by Crippen LogP contribution is 2.29. The Morgan fingerprint density at radius 1 is 1.47 bits per heavy atom. The fourth-order valence-corrected chi connectivity index (χ4v) is 2.12. The molecule has 1 fully saturated rings. The average Bonchev–Trinajstić information content (AvgIpc) is 3.23. The smallest absolute Gasteiger partial charge is 0.119 e. The van der Waals surface area contributed by atoms with Crippen molar-refractivity contribution in [3.05, 3.63) is 29.8 Å². The molecule has 104 valence electrons. The molecular formula is C15H23N3O. The zero-order valence-corrected chi connectivity index (χ0v) is 12.0. The summed E-state index contributed by atoms with van der Waals surface area (Å²) >= 11 is 0. The molecule has 4 nitrogen and oxygen atoms in total. The number of amidine groups is 1. The molecule has 1 aliphatic carbocycles. The second-order valence-corrected chi connectivity index (χ2v) is 5.30. The molecule has 1 unspecified atom stereocenters. The van der Waals surface area contributed by atoms with E-state index in [9.17, 15) is 0 Å². The molecule has 1 aliphatic rings. The molecule has 1 saturated carbocycles. The van der Waals surface area contributed by atoms with Gasteiger partial charge in [0.1, 0.15) is 5.75 Å². The summed E-state index contributed by atoms with van der Waals surface area (Å²) in [5.74, 6) is 2.23. The molecule has 0 aromatic heterocycles. The van der Waals surface area contributed by atoms with Crippen LogP contribution >= 0.6 is 0 Å². The first kappa shape index (κ1) is 13.9. The highest BCUT2D eigenvalue weighted by atomic mass is 16.5. The number of ether oxygens (including phenoxy) is 1. The van der Waals surface area contributed by atoms with Crippen LogP contribution in [0.4, 0.5) is 0 Å². The molecule has 1 aromatic carbocycles. The summed E-state index contributed by atoms with van der Waals surface area (Å²) in [5, 5.41) is 0. The number of benzene rings is 1. The average molecular weight is 261 g/mol. The summed E-state index contributed by atoms with van der Waals surface area (Å²) in [7, 11) is 5.81. The van der Waals surface area contributed by atoms with Crippen LogP contribution < -0.4 is 10.5 Å². The van der Waals surface area contributed by atoms with Crippen molar-refractivity contribution in [2.45, 2.75) is 18.9 Å². The van der Waals surface area contributed by atoms with Crippen LogP contribution in [-0.2, 0) is 0 Å². The van der Waals surface area contributed by atoms with Crippen LogP contribution in [0.5, 0.6) is 5.75 Å². The number of hydrogen-bond acceptors (Lipinski definition) is 3. The van der Waals surface area contributed by atoms with Crippen molar-refractivity contribution in [1.29, 1.82) is 0 Å². The lowest BCUT2D eigenvalue weighted by molar-refractivity contribution is 0.305. The Balaban J connectivity index is 2.12. The van der Waals surface area contributed by atoms with E-state index in [-0.39, 0.29) is 6.04 Å². The quantitative estimate of drug-likeness (QED) is 0.630. The molecule has 0 saturated heterocycles. The van der Waals surface area contributed by atoms with Gasteiger partial charge < -0.3 is 15.4 Å². The van der Waals surface area contributed by atoms with Gasteiger partial charge in [-0.1, -0.05) is 12.1 Å². The van der Waals surface area contributed by atoms with E-state index in [0.717, 1.165) is 11.6 Å². The van der Waals surface area contributed by atoms with E-state index in [1.165, 1.54) is 18.4 Å². The van der Waals surface area contributed by atoms with Gasteiger partial charge in [-0.3, -0.25) is 4.99 Å². The molecule has 1 atom stereocenters. The van der Waals surface area contributed by atoms with Gasteiger partial charge in [-0.05, 0) is 44.6 Å². The van der Waals surface area contributed by atoms with Crippen LogP contribution in [0, 0.1) is 5.92 Å². The Bertz CT molecular complexity index is 452. The molecule has 2 rings (SSSR count).